The van der Waals surface area contributed by atoms with Crippen LogP contribution in [-0.2, 0) is 4.57 Å². The SMILES string of the molecule is COc1cc(C(=O)c2ccccc2)c(OC)c(OC)c1[P+](=O)C(=O)c1c(Cl)cccc1Cl. The van der Waals surface area contributed by atoms with Gasteiger partial charge in [0, 0.05) is 11.6 Å². The van der Waals surface area contributed by atoms with E-state index in [4.69, 9.17) is 37.4 Å². The zero-order valence-electron chi connectivity index (χ0n) is 17.3. The van der Waals surface area contributed by atoms with Crippen molar-refractivity contribution in [1.82, 2.24) is 0 Å². The molecule has 32 heavy (non-hydrogen) atoms. The Hall–Kier alpha value is -2.92. The molecule has 0 saturated heterocycles. The molecule has 0 radical (unpaired) electrons. The van der Waals surface area contributed by atoms with E-state index in [-0.39, 0.29) is 49.5 Å². The lowest BCUT2D eigenvalue weighted by Crippen LogP contribution is -2.16. The first-order valence-corrected chi connectivity index (χ1v) is 11.3. The maximum atomic E-state index is 13.4. The van der Waals surface area contributed by atoms with Crippen LogP contribution >= 0.6 is 31.0 Å². The van der Waals surface area contributed by atoms with Crippen molar-refractivity contribution >= 4 is 47.6 Å². The van der Waals surface area contributed by atoms with E-state index in [1.54, 1.807) is 36.4 Å². The second-order valence-electron chi connectivity index (χ2n) is 6.43. The molecule has 0 spiro atoms. The van der Waals surface area contributed by atoms with Gasteiger partial charge in [0.1, 0.15) is 5.56 Å². The summed E-state index contributed by atoms with van der Waals surface area (Å²) in [6.45, 7) is 0. The van der Waals surface area contributed by atoms with Gasteiger partial charge in [-0.15, -0.1) is 0 Å². The second-order valence-corrected chi connectivity index (χ2v) is 8.69. The van der Waals surface area contributed by atoms with Gasteiger partial charge in [-0.05, 0) is 12.1 Å². The topological polar surface area (TPSA) is 78.9 Å². The zero-order chi connectivity index (χ0) is 23.4. The number of ether oxygens (including phenoxy) is 3. The molecule has 3 aromatic rings. The first-order chi connectivity index (χ1) is 15.3. The Labute approximate surface area is 195 Å². The third kappa shape index (κ3) is 4.35. The number of halogens is 2. The van der Waals surface area contributed by atoms with Gasteiger partial charge >= 0.3 is 13.3 Å². The summed E-state index contributed by atoms with van der Waals surface area (Å²) in [6.07, 6.45) is 0. The quantitative estimate of drug-likeness (QED) is 0.304. The number of benzene rings is 3. The van der Waals surface area contributed by atoms with E-state index in [2.05, 4.69) is 0 Å². The lowest BCUT2D eigenvalue weighted by atomic mass is 10.0. The molecule has 0 N–H and O–H groups in total. The Bertz CT molecular complexity index is 1190. The smallest absolute Gasteiger partial charge is 0.466 e. The van der Waals surface area contributed by atoms with Crippen molar-refractivity contribution in [3.05, 3.63) is 81.3 Å². The molecule has 1 unspecified atom stereocenters. The van der Waals surface area contributed by atoms with Gasteiger partial charge in [-0.2, -0.15) is 0 Å². The molecule has 0 aliphatic carbocycles. The lowest BCUT2D eigenvalue weighted by Gasteiger charge is -2.15. The molecule has 0 aliphatic rings. The Morgan fingerprint density at radius 3 is 1.94 bits per heavy atom. The first-order valence-electron chi connectivity index (χ1n) is 9.24. The van der Waals surface area contributed by atoms with Gasteiger partial charge in [0.2, 0.25) is 5.75 Å². The molecule has 0 fully saturated rings. The zero-order valence-corrected chi connectivity index (χ0v) is 19.8. The van der Waals surface area contributed by atoms with E-state index >= 15 is 0 Å². The van der Waals surface area contributed by atoms with Crippen LogP contribution in [0.2, 0.25) is 10.0 Å². The first kappa shape index (κ1) is 23.7. The van der Waals surface area contributed by atoms with Gasteiger partial charge in [-0.25, -0.2) is 4.79 Å². The summed E-state index contributed by atoms with van der Waals surface area (Å²) in [5.41, 5.74) is -0.352. The van der Waals surface area contributed by atoms with Crippen molar-refractivity contribution in [3.8, 4) is 17.2 Å². The number of hydrogen-bond acceptors (Lipinski definition) is 6. The van der Waals surface area contributed by atoms with E-state index in [1.165, 1.54) is 39.5 Å². The van der Waals surface area contributed by atoms with Crippen LogP contribution in [-0.4, -0.2) is 32.6 Å². The molecule has 0 aliphatic heterocycles. The van der Waals surface area contributed by atoms with Crippen LogP contribution in [0.5, 0.6) is 17.2 Å². The number of hydrogen-bond donors (Lipinski definition) is 0. The average Bonchev–Trinajstić information content (AvgIpc) is 2.81. The molecular formula is C23H18Cl2O6P+. The molecular weight excluding hydrogens is 474 g/mol. The number of rotatable bonds is 8. The van der Waals surface area contributed by atoms with Gasteiger partial charge < -0.3 is 14.2 Å². The molecule has 0 aromatic heterocycles. The van der Waals surface area contributed by atoms with Gasteiger partial charge in [0.05, 0.1) is 36.9 Å². The fraction of sp³-hybridized carbons (Fsp3) is 0.130. The molecule has 0 heterocycles. The Morgan fingerprint density at radius 2 is 1.41 bits per heavy atom. The molecule has 3 rings (SSSR count). The number of carbonyl (C=O) groups is 2. The van der Waals surface area contributed by atoms with Crippen LogP contribution in [0.3, 0.4) is 0 Å². The maximum absolute atomic E-state index is 13.4. The predicted octanol–water partition coefficient (Wildman–Crippen LogP) is 5.54. The molecule has 6 nitrogen and oxygen atoms in total. The number of ketones is 1. The molecule has 3 aromatic carbocycles. The minimum atomic E-state index is -2.81. The predicted molar refractivity (Wildman–Crippen MR) is 124 cm³/mol. The normalized spacial score (nSPS) is 11.0. The van der Waals surface area contributed by atoms with E-state index in [0.717, 1.165) is 0 Å². The summed E-state index contributed by atoms with van der Waals surface area (Å²) in [7, 11) is 1.18. The summed E-state index contributed by atoms with van der Waals surface area (Å²) in [5.74, 6) is -0.358. The van der Waals surface area contributed by atoms with Crippen LogP contribution in [0.25, 0.3) is 0 Å². The van der Waals surface area contributed by atoms with Crippen LogP contribution in [0, 0.1) is 0 Å². The third-order valence-corrected chi connectivity index (χ3v) is 6.70. The summed E-state index contributed by atoms with van der Waals surface area (Å²) >= 11 is 12.3. The van der Waals surface area contributed by atoms with Crippen LogP contribution < -0.4 is 19.5 Å². The van der Waals surface area contributed by atoms with Crippen LogP contribution in [0.1, 0.15) is 26.3 Å². The van der Waals surface area contributed by atoms with E-state index in [1.807, 2.05) is 0 Å². The molecule has 0 saturated carbocycles. The fourth-order valence-electron chi connectivity index (χ4n) is 3.17. The molecule has 0 amide bonds. The largest absolute Gasteiger partial charge is 0.492 e. The minimum Gasteiger partial charge on any atom is -0.492 e. The summed E-state index contributed by atoms with van der Waals surface area (Å²) in [5, 5.41) is 0.0608. The second kappa shape index (κ2) is 10.1. The van der Waals surface area contributed by atoms with E-state index in [0.29, 0.717) is 5.56 Å². The standard InChI is InChI=1S/C23H18Cl2O6P/c1-29-17-12-14(19(26)13-8-5-4-6-9-13)20(30-2)21(31-3)22(17)32(28)23(27)18-15(24)10-7-11-16(18)25/h4-12H,1-3H3/q+1. The average molecular weight is 492 g/mol. The highest BCUT2D eigenvalue weighted by molar-refractivity contribution is 7.72. The summed E-state index contributed by atoms with van der Waals surface area (Å²) in [6, 6.07) is 14.4. The van der Waals surface area contributed by atoms with Crippen molar-refractivity contribution in [1.29, 1.82) is 0 Å². The number of carbonyl (C=O) groups excluding carboxylic acids is 2. The van der Waals surface area contributed by atoms with E-state index < -0.39 is 13.3 Å². The van der Waals surface area contributed by atoms with Gasteiger partial charge in [0.15, 0.2) is 17.3 Å². The Morgan fingerprint density at radius 1 is 0.812 bits per heavy atom. The highest BCUT2D eigenvalue weighted by Gasteiger charge is 2.44. The fourth-order valence-corrected chi connectivity index (χ4v) is 5.25. The summed E-state index contributed by atoms with van der Waals surface area (Å²) < 4.78 is 29.7. The number of methoxy groups -OCH3 is 3. The van der Waals surface area contributed by atoms with Crippen molar-refractivity contribution in [2.24, 2.45) is 0 Å². The van der Waals surface area contributed by atoms with Crippen molar-refractivity contribution in [2.75, 3.05) is 21.3 Å². The monoisotopic (exact) mass is 491 g/mol. The summed E-state index contributed by atoms with van der Waals surface area (Å²) in [4.78, 5) is 26.2. The molecule has 1 atom stereocenters. The van der Waals surface area contributed by atoms with Gasteiger partial charge in [0.25, 0.3) is 5.30 Å². The minimum absolute atomic E-state index is 0.0264. The van der Waals surface area contributed by atoms with E-state index in [9.17, 15) is 14.2 Å². The molecule has 9 heteroatoms. The third-order valence-electron chi connectivity index (χ3n) is 4.65. The Balaban J connectivity index is 2.22. The highest BCUT2D eigenvalue weighted by atomic mass is 35.5. The maximum Gasteiger partial charge on any atom is 0.466 e. The van der Waals surface area contributed by atoms with Crippen LogP contribution in [0.4, 0.5) is 0 Å². The van der Waals surface area contributed by atoms with Crippen molar-refractivity contribution in [2.45, 2.75) is 0 Å². The Kier molecular flexibility index (Phi) is 7.52. The lowest BCUT2D eigenvalue weighted by molar-refractivity contribution is 0.103. The van der Waals surface area contributed by atoms with Crippen molar-refractivity contribution in [3.63, 3.8) is 0 Å². The van der Waals surface area contributed by atoms with Crippen LogP contribution in [0.15, 0.2) is 54.6 Å². The highest BCUT2D eigenvalue weighted by Crippen LogP contribution is 2.44. The van der Waals surface area contributed by atoms with Gasteiger partial charge in [-0.1, -0.05) is 64.2 Å². The van der Waals surface area contributed by atoms with Gasteiger partial charge in [-0.3, -0.25) is 4.79 Å². The molecule has 164 valence electrons. The molecule has 0 bridgehead atoms. The van der Waals surface area contributed by atoms with Crippen molar-refractivity contribution < 1.29 is 28.4 Å².